The summed E-state index contributed by atoms with van der Waals surface area (Å²) < 4.78 is 68.4. The van der Waals surface area contributed by atoms with Crippen LogP contribution in [0.5, 0.6) is 0 Å². The quantitative estimate of drug-likeness (QED) is 0.0169. The number of phosphoric ester groups is 2. The van der Waals surface area contributed by atoms with Crippen LogP contribution in [0.4, 0.5) is 0 Å². The summed E-state index contributed by atoms with van der Waals surface area (Å²) in [5.41, 5.74) is 0. The first kappa shape index (κ1) is 103. The molecule has 0 aliphatic heterocycles. The van der Waals surface area contributed by atoms with Gasteiger partial charge in [-0.15, -0.1) is 0 Å². The van der Waals surface area contributed by atoms with Crippen LogP contribution in [0.1, 0.15) is 272 Å². The molecule has 618 valence electrons. The summed E-state index contributed by atoms with van der Waals surface area (Å²) in [7, 11) is -10.1. The smallest absolute Gasteiger partial charge is 0.462 e. The number of aliphatic hydroxyl groups excluding tert-OH is 1. The molecule has 0 bridgehead atoms. The van der Waals surface area contributed by atoms with Crippen molar-refractivity contribution in [1.29, 1.82) is 0 Å². The lowest BCUT2D eigenvalue weighted by Gasteiger charge is -2.21. The molecule has 17 nitrogen and oxygen atoms in total. The zero-order valence-corrected chi connectivity index (χ0v) is 69.4. The maximum atomic E-state index is 13.1. The molecule has 0 heterocycles. The van der Waals surface area contributed by atoms with E-state index in [4.69, 9.17) is 37.0 Å². The fraction of sp³-hybridized carbons (Fsp3) is 0.560. The molecular formula is C91H142O17P2. The van der Waals surface area contributed by atoms with Gasteiger partial charge in [0.05, 0.1) is 26.4 Å². The molecule has 0 fully saturated rings. The van der Waals surface area contributed by atoms with Crippen molar-refractivity contribution in [3.8, 4) is 0 Å². The third-order valence-corrected chi connectivity index (χ3v) is 17.9. The van der Waals surface area contributed by atoms with Gasteiger partial charge < -0.3 is 33.8 Å². The van der Waals surface area contributed by atoms with Crippen molar-refractivity contribution < 1.29 is 80.2 Å². The average molecular weight is 1570 g/mol. The van der Waals surface area contributed by atoms with E-state index in [1.54, 1.807) is 0 Å². The molecule has 0 aliphatic carbocycles. The molecule has 0 aromatic heterocycles. The molecule has 0 aromatic carbocycles. The van der Waals surface area contributed by atoms with Crippen molar-refractivity contribution >= 4 is 39.5 Å². The van der Waals surface area contributed by atoms with Crippen molar-refractivity contribution in [2.45, 2.75) is 290 Å². The number of ether oxygens (including phenoxy) is 4. The second kappa shape index (κ2) is 80.4. The van der Waals surface area contributed by atoms with Crippen LogP contribution in [-0.4, -0.2) is 96.7 Å². The van der Waals surface area contributed by atoms with Crippen LogP contribution in [-0.2, 0) is 65.4 Å². The number of hydrogen-bond donors (Lipinski definition) is 3. The van der Waals surface area contributed by atoms with Gasteiger partial charge in [0.2, 0.25) is 0 Å². The summed E-state index contributed by atoms with van der Waals surface area (Å²) in [5.74, 6) is -2.49. The first-order valence-electron chi connectivity index (χ1n) is 41.0. The molecule has 5 atom stereocenters. The van der Waals surface area contributed by atoms with Crippen LogP contribution in [0.3, 0.4) is 0 Å². The summed E-state index contributed by atoms with van der Waals surface area (Å²) in [6.45, 7) is 4.24. The van der Waals surface area contributed by atoms with Crippen molar-refractivity contribution in [2.75, 3.05) is 39.6 Å². The van der Waals surface area contributed by atoms with Crippen molar-refractivity contribution in [3.05, 3.63) is 219 Å². The number of carbonyl (C=O) groups is 4. The summed E-state index contributed by atoms with van der Waals surface area (Å²) in [5, 5.41) is 10.7. The van der Waals surface area contributed by atoms with Gasteiger partial charge in [-0.3, -0.25) is 37.3 Å². The Kier molecular flexibility index (Phi) is 75.6. The number of unbranched alkanes of at least 4 members (excludes halogenated alkanes) is 12. The summed E-state index contributed by atoms with van der Waals surface area (Å²) in [4.78, 5) is 73.0. The van der Waals surface area contributed by atoms with Crippen molar-refractivity contribution in [2.24, 2.45) is 0 Å². The molecule has 0 rings (SSSR count). The van der Waals surface area contributed by atoms with Gasteiger partial charge in [0.15, 0.2) is 12.2 Å². The molecule has 2 unspecified atom stereocenters. The standard InChI is InChI=1S/C91H142O17P2/c1-5-9-13-17-21-25-29-33-36-39-42-45-48-52-56-60-64-68-72-76-89(94)102-82-87(108-91(96)78-74-70-66-62-58-54-50-47-44-41-38-35-31-27-23-19-15-11-7-3)84-106-110(99,100)104-80-85(92)79-103-109(97,98)105-83-86(81-101-88(93)75-71-67-63-59-55-51-32-28-24-20-16-12-8-4)107-90(95)77-73-69-65-61-57-53-49-46-43-40-37-34-30-26-22-18-14-10-6-2/h9-11,13-15,21-23,25-27,33-38,42-47,52-54,56-58,64-66,68-70,85-87,92H,5-8,12,16-20,24,28-32,39-41,48-51,55,59-63,67,71-84H2,1-4H3,(H,97,98)(H,99,100)/b13-9-,14-10-,15-11-,25-21-,26-22-,27-23-,36-33-,37-34-,38-35-,45-42-,46-43-,47-44-,56-52-,57-53-,58-54-,68-64-,69-65-,70-66-/t85-,86+,87+/m0/s1. The Labute approximate surface area is 664 Å². The molecule has 0 amide bonds. The molecule has 0 saturated heterocycles. The van der Waals surface area contributed by atoms with Gasteiger partial charge in [0.1, 0.15) is 19.3 Å². The monoisotopic (exact) mass is 1570 g/mol. The molecular weight excluding hydrogens is 1430 g/mol. The molecule has 0 aromatic rings. The molecule has 0 aliphatic rings. The van der Waals surface area contributed by atoms with E-state index in [0.29, 0.717) is 44.9 Å². The number of esters is 4. The van der Waals surface area contributed by atoms with Gasteiger partial charge in [0, 0.05) is 25.7 Å². The van der Waals surface area contributed by atoms with Crippen LogP contribution in [0.15, 0.2) is 219 Å². The third-order valence-electron chi connectivity index (χ3n) is 16.0. The number of hydrogen-bond acceptors (Lipinski definition) is 15. The predicted octanol–water partition coefficient (Wildman–Crippen LogP) is 24.4. The van der Waals surface area contributed by atoms with Gasteiger partial charge in [-0.05, 0) is 141 Å². The van der Waals surface area contributed by atoms with E-state index < -0.39 is 97.5 Å². The minimum absolute atomic E-state index is 0.00904. The number of phosphoric acid groups is 2. The first-order chi connectivity index (χ1) is 53.7. The van der Waals surface area contributed by atoms with Gasteiger partial charge in [-0.1, -0.05) is 323 Å². The number of aliphatic hydroxyl groups is 1. The van der Waals surface area contributed by atoms with E-state index in [-0.39, 0.29) is 25.7 Å². The second-order valence-electron chi connectivity index (χ2n) is 26.2. The number of allylic oxidation sites excluding steroid dienone is 36. The molecule has 19 heteroatoms. The van der Waals surface area contributed by atoms with E-state index in [1.165, 1.54) is 51.4 Å². The highest BCUT2D eigenvalue weighted by Crippen LogP contribution is 2.45. The van der Waals surface area contributed by atoms with Gasteiger partial charge in [-0.2, -0.15) is 0 Å². The Morgan fingerprint density at radius 3 is 0.727 bits per heavy atom. The maximum Gasteiger partial charge on any atom is 0.472 e. The van der Waals surface area contributed by atoms with Crippen molar-refractivity contribution in [3.63, 3.8) is 0 Å². The Morgan fingerprint density at radius 2 is 0.473 bits per heavy atom. The van der Waals surface area contributed by atoms with E-state index in [0.717, 1.165) is 122 Å². The predicted molar refractivity (Wildman–Crippen MR) is 454 cm³/mol. The Balaban J connectivity index is 5.60. The number of rotatable bonds is 74. The normalized spacial score (nSPS) is 14.9. The van der Waals surface area contributed by atoms with E-state index in [1.807, 2.05) is 54.7 Å². The highest BCUT2D eigenvalue weighted by Gasteiger charge is 2.30. The minimum Gasteiger partial charge on any atom is -0.462 e. The van der Waals surface area contributed by atoms with E-state index in [2.05, 4.69) is 192 Å². The highest BCUT2D eigenvalue weighted by molar-refractivity contribution is 7.47. The fourth-order valence-corrected chi connectivity index (χ4v) is 11.5. The van der Waals surface area contributed by atoms with Crippen LogP contribution in [0.2, 0.25) is 0 Å². The zero-order chi connectivity index (χ0) is 80.3. The summed E-state index contributed by atoms with van der Waals surface area (Å²) >= 11 is 0. The minimum atomic E-state index is -5.03. The first-order valence-corrected chi connectivity index (χ1v) is 44.0. The molecule has 0 radical (unpaired) electrons. The fourth-order valence-electron chi connectivity index (χ4n) is 9.89. The largest absolute Gasteiger partial charge is 0.472 e. The highest BCUT2D eigenvalue weighted by atomic mass is 31.2. The SMILES string of the molecule is CC/C=C\C/C=C\C/C=C\C/C=C\C/C=C\C/C=C\CCC(=O)OC[C@H](COP(=O)(O)OC[C@@H](O)COP(=O)(O)OC[C@@H](COC(=O)CCCCCCCCCCCCCCC)OC(=O)CC/C=C\C/C=C\C/C=C\C/C=C\C/C=C\C/C=C\CC)OC(=O)CC/C=C\C/C=C\C/C=C\C/C=C\C/C=C\C/C=C\CC. The van der Waals surface area contributed by atoms with Crippen LogP contribution in [0.25, 0.3) is 0 Å². The molecule has 110 heavy (non-hydrogen) atoms. The Hall–Kier alpha value is -6.62. The zero-order valence-electron chi connectivity index (χ0n) is 67.6. The Bertz CT molecular complexity index is 2950. The van der Waals surface area contributed by atoms with Crippen molar-refractivity contribution in [1.82, 2.24) is 0 Å². The lowest BCUT2D eigenvalue weighted by Crippen LogP contribution is -2.30. The average Bonchev–Trinajstić information content (AvgIpc) is 0.906. The summed E-state index contributed by atoms with van der Waals surface area (Å²) in [6, 6.07) is 0. The van der Waals surface area contributed by atoms with E-state index >= 15 is 0 Å². The second-order valence-corrected chi connectivity index (χ2v) is 29.1. The topological polar surface area (TPSA) is 237 Å². The molecule has 0 spiro atoms. The lowest BCUT2D eigenvalue weighted by molar-refractivity contribution is -0.161. The number of carbonyl (C=O) groups excluding carboxylic acids is 4. The van der Waals surface area contributed by atoms with Gasteiger partial charge >= 0.3 is 39.5 Å². The molecule has 3 N–H and O–H groups in total. The summed E-state index contributed by atoms with van der Waals surface area (Å²) in [6.07, 6.45) is 102. The lowest BCUT2D eigenvalue weighted by atomic mass is 10.0. The van der Waals surface area contributed by atoms with Crippen LogP contribution in [0, 0.1) is 0 Å². The van der Waals surface area contributed by atoms with Gasteiger partial charge in [0.25, 0.3) is 0 Å². The Morgan fingerprint density at radius 1 is 0.264 bits per heavy atom. The van der Waals surface area contributed by atoms with Gasteiger partial charge in [-0.25, -0.2) is 9.13 Å². The maximum absolute atomic E-state index is 13.1. The van der Waals surface area contributed by atoms with E-state index in [9.17, 15) is 43.2 Å². The third kappa shape index (κ3) is 79.5. The molecule has 0 saturated carbocycles. The van der Waals surface area contributed by atoms with Crippen LogP contribution < -0.4 is 0 Å². The van der Waals surface area contributed by atoms with Crippen LogP contribution >= 0.6 is 15.6 Å².